The van der Waals surface area contributed by atoms with E-state index in [-0.39, 0.29) is 36.3 Å². The summed E-state index contributed by atoms with van der Waals surface area (Å²) in [5, 5.41) is 6.75. The zero-order valence-electron chi connectivity index (χ0n) is 16.4. The Morgan fingerprint density at radius 2 is 2.04 bits per heavy atom. The minimum atomic E-state index is -0.319. The maximum Gasteiger partial charge on any atom is 0.191 e. The van der Waals surface area contributed by atoms with Gasteiger partial charge < -0.3 is 10.6 Å². The monoisotopic (exact) mass is 497 g/mol. The number of pyridine rings is 1. The topological polar surface area (TPSA) is 52.6 Å². The molecule has 7 heteroatoms. The van der Waals surface area contributed by atoms with Gasteiger partial charge in [-0.2, -0.15) is 0 Å². The molecule has 1 saturated heterocycles. The molecule has 152 valence electrons. The third kappa shape index (κ3) is 6.41. The van der Waals surface area contributed by atoms with Crippen LogP contribution >= 0.6 is 24.0 Å². The number of halogens is 2. The summed E-state index contributed by atoms with van der Waals surface area (Å²) < 4.78 is 13.8. The molecule has 0 amide bonds. The summed E-state index contributed by atoms with van der Waals surface area (Å²) in [6.07, 6.45) is 2.64. The van der Waals surface area contributed by atoms with Gasteiger partial charge in [-0.3, -0.25) is 9.88 Å². The van der Waals surface area contributed by atoms with E-state index >= 15 is 0 Å². The van der Waals surface area contributed by atoms with Crippen LogP contribution in [0.1, 0.15) is 31.5 Å². The van der Waals surface area contributed by atoms with E-state index in [4.69, 9.17) is 0 Å². The lowest BCUT2D eigenvalue weighted by molar-refractivity contribution is 0.258. The fraction of sp³-hybridized carbons (Fsp3) is 0.429. The lowest BCUT2D eigenvalue weighted by atomic mass is 10.2. The lowest BCUT2D eigenvalue weighted by Gasteiger charge is -2.21. The van der Waals surface area contributed by atoms with Gasteiger partial charge in [0.15, 0.2) is 5.96 Å². The molecular weight excluding hydrogens is 468 g/mol. The predicted octanol–water partition coefficient (Wildman–Crippen LogP) is 3.56. The minimum absolute atomic E-state index is 0. The van der Waals surface area contributed by atoms with E-state index in [1.807, 2.05) is 13.0 Å². The third-order valence-corrected chi connectivity index (χ3v) is 4.84. The zero-order chi connectivity index (χ0) is 19.1. The second-order valence-electron chi connectivity index (χ2n) is 6.97. The van der Waals surface area contributed by atoms with Gasteiger partial charge in [0.1, 0.15) is 5.82 Å². The maximum atomic E-state index is 13.8. The second kappa shape index (κ2) is 11.3. The number of aromatic nitrogens is 1. The molecule has 1 aliphatic rings. The Labute approximate surface area is 183 Å². The molecule has 3 rings (SSSR count). The first-order chi connectivity index (χ1) is 13.2. The molecule has 2 aromatic rings. The highest BCUT2D eigenvalue weighted by Gasteiger charge is 2.29. The van der Waals surface area contributed by atoms with Crippen LogP contribution in [0.5, 0.6) is 0 Å². The van der Waals surface area contributed by atoms with Crippen LogP contribution in [0.4, 0.5) is 4.39 Å². The lowest BCUT2D eigenvalue weighted by Crippen LogP contribution is -2.44. The fourth-order valence-electron chi connectivity index (χ4n) is 3.44. The molecule has 5 nitrogen and oxygen atoms in total. The SMILES string of the molecule is CCNC(=NCc1ncccc1F)NC1CC(C)N(Cc2ccccc2)C1.I. The van der Waals surface area contributed by atoms with Gasteiger partial charge in [0.05, 0.1) is 12.2 Å². The number of rotatable bonds is 6. The summed E-state index contributed by atoms with van der Waals surface area (Å²) in [7, 11) is 0. The molecular formula is C21H29FIN5. The Morgan fingerprint density at radius 1 is 1.25 bits per heavy atom. The normalized spacial score (nSPS) is 19.9. The molecule has 2 unspecified atom stereocenters. The first-order valence-electron chi connectivity index (χ1n) is 9.58. The summed E-state index contributed by atoms with van der Waals surface area (Å²) in [5.74, 6) is 0.391. The van der Waals surface area contributed by atoms with Crippen molar-refractivity contribution in [3.05, 3.63) is 65.7 Å². The van der Waals surface area contributed by atoms with Crippen LogP contribution in [0.15, 0.2) is 53.7 Å². The number of nitrogens with one attached hydrogen (secondary N) is 2. The Morgan fingerprint density at radius 3 is 2.75 bits per heavy atom. The van der Waals surface area contributed by atoms with E-state index in [2.05, 4.69) is 56.7 Å². The van der Waals surface area contributed by atoms with Crippen molar-refractivity contribution in [3.63, 3.8) is 0 Å². The summed E-state index contributed by atoms with van der Waals surface area (Å²) >= 11 is 0. The van der Waals surface area contributed by atoms with Crippen LogP contribution in [0.3, 0.4) is 0 Å². The Hall–Kier alpha value is -1.74. The van der Waals surface area contributed by atoms with Crippen molar-refractivity contribution < 1.29 is 4.39 Å². The van der Waals surface area contributed by atoms with Gasteiger partial charge in [-0.15, -0.1) is 24.0 Å². The number of hydrogen-bond donors (Lipinski definition) is 2. The molecule has 2 atom stereocenters. The van der Waals surface area contributed by atoms with Crippen molar-refractivity contribution in [1.29, 1.82) is 0 Å². The van der Waals surface area contributed by atoms with Crippen molar-refractivity contribution in [1.82, 2.24) is 20.5 Å². The van der Waals surface area contributed by atoms with Gasteiger partial charge in [-0.1, -0.05) is 30.3 Å². The first-order valence-corrected chi connectivity index (χ1v) is 9.58. The van der Waals surface area contributed by atoms with Crippen LogP contribution in [-0.2, 0) is 13.1 Å². The van der Waals surface area contributed by atoms with E-state index in [0.717, 1.165) is 26.1 Å². The Bertz CT molecular complexity index is 755. The van der Waals surface area contributed by atoms with Gasteiger partial charge in [0.25, 0.3) is 0 Å². The zero-order valence-corrected chi connectivity index (χ0v) is 18.8. The van der Waals surface area contributed by atoms with Gasteiger partial charge in [-0.05, 0) is 38.0 Å². The van der Waals surface area contributed by atoms with E-state index in [1.165, 1.54) is 11.6 Å². The van der Waals surface area contributed by atoms with E-state index < -0.39 is 0 Å². The average molecular weight is 497 g/mol. The Kier molecular flexibility index (Phi) is 9.11. The van der Waals surface area contributed by atoms with E-state index in [1.54, 1.807) is 12.3 Å². The van der Waals surface area contributed by atoms with Crippen molar-refractivity contribution in [3.8, 4) is 0 Å². The number of guanidine groups is 1. The molecule has 1 aromatic carbocycles. The average Bonchev–Trinajstić information content (AvgIpc) is 3.01. The van der Waals surface area contributed by atoms with Crippen LogP contribution in [0.2, 0.25) is 0 Å². The van der Waals surface area contributed by atoms with Crippen molar-refractivity contribution in [2.75, 3.05) is 13.1 Å². The van der Waals surface area contributed by atoms with E-state index in [0.29, 0.717) is 23.7 Å². The number of nitrogens with zero attached hydrogens (tertiary/aromatic N) is 3. The van der Waals surface area contributed by atoms with Crippen LogP contribution in [-0.4, -0.2) is 41.0 Å². The van der Waals surface area contributed by atoms with Gasteiger partial charge in [0.2, 0.25) is 0 Å². The smallest absolute Gasteiger partial charge is 0.191 e. The van der Waals surface area contributed by atoms with Crippen LogP contribution in [0, 0.1) is 5.82 Å². The molecule has 0 saturated carbocycles. The highest BCUT2D eigenvalue weighted by Crippen LogP contribution is 2.20. The minimum Gasteiger partial charge on any atom is -0.357 e. The standard InChI is InChI=1S/C21H28FN5.HI/c1-3-23-21(25-13-20-19(22)10-7-11-24-20)26-18-12-16(2)27(15-18)14-17-8-5-4-6-9-17;/h4-11,16,18H,3,12-15H2,1-2H3,(H2,23,25,26);1H. The molecule has 2 heterocycles. The molecule has 2 N–H and O–H groups in total. The molecule has 28 heavy (non-hydrogen) atoms. The van der Waals surface area contributed by atoms with Crippen LogP contribution < -0.4 is 10.6 Å². The summed E-state index contributed by atoms with van der Waals surface area (Å²) in [6.45, 7) is 7.17. The fourth-order valence-corrected chi connectivity index (χ4v) is 3.44. The summed E-state index contributed by atoms with van der Waals surface area (Å²) in [4.78, 5) is 11.1. The highest BCUT2D eigenvalue weighted by atomic mass is 127. The van der Waals surface area contributed by atoms with E-state index in [9.17, 15) is 4.39 Å². The quantitative estimate of drug-likeness (QED) is 0.364. The van der Waals surface area contributed by atoms with Crippen molar-refractivity contribution in [2.24, 2.45) is 4.99 Å². The number of hydrogen-bond acceptors (Lipinski definition) is 3. The number of aliphatic imine (C=N–C) groups is 1. The summed E-state index contributed by atoms with van der Waals surface area (Å²) in [5.41, 5.74) is 1.69. The molecule has 0 bridgehead atoms. The first kappa shape index (κ1) is 22.5. The largest absolute Gasteiger partial charge is 0.357 e. The van der Waals surface area contributed by atoms with Gasteiger partial charge in [-0.25, -0.2) is 9.38 Å². The van der Waals surface area contributed by atoms with Crippen LogP contribution in [0.25, 0.3) is 0 Å². The number of benzene rings is 1. The molecule has 0 radical (unpaired) electrons. The Balaban J connectivity index is 0.00000280. The predicted molar refractivity (Wildman–Crippen MR) is 122 cm³/mol. The molecule has 0 aliphatic carbocycles. The third-order valence-electron chi connectivity index (χ3n) is 4.84. The van der Waals surface area contributed by atoms with Crippen molar-refractivity contribution >= 4 is 29.9 Å². The maximum absolute atomic E-state index is 13.8. The number of likely N-dealkylation sites (tertiary alicyclic amines) is 1. The molecule has 1 fully saturated rings. The molecule has 1 aromatic heterocycles. The summed E-state index contributed by atoms with van der Waals surface area (Å²) in [6, 6.07) is 14.4. The van der Waals surface area contributed by atoms with Gasteiger partial charge in [0, 0.05) is 37.9 Å². The molecule has 1 aliphatic heterocycles. The highest BCUT2D eigenvalue weighted by molar-refractivity contribution is 14.0. The van der Waals surface area contributed by atoms with Crippen molar-refractivity contribution in [2.45, 2.75) is 45.4 Å². The molecule has 0 spiro atoms. The van der Waals surface area contributed by atoms with Gasteiger partial charge >= 0.3 is 0 Å². The second-order valence-corrected chi connectivity index (χ2v) is 6.97.